The predicted molar refractivity (Wildman–Crippen MR) is 94.0 cm³/mol. The van der Waals surface area contributed by atoms with Crippen LogP contribution in [0.4, 0.5) is 5.69 Å². The van der Waals surface area contributed by atoms with Crippen LogP contribution in [-0.2, 0) is 0 Å². The van der Waals surface area contributed by atoms with E-state index in [1.54, 1.807) is 17.7 Å². The van der Waals surface area contributed by atoms with Gasteiger partial charge in [-0.05, 0) is 39.0 Å². The van der Waals surface area contributed by atoms with E-state index in [4.69, 9.17) is 4.74 Å². The van der Waals surface area contributed by atoms with Gasteiger partial charge in [0.15, 0.2) is 11.6 Å². The molecule has 26 heavy (non-hydrogen) atoms. The van der Waals surface area contributed by atoms with Gasteiger partial charge in [0.1, 0.15) is 0 Å². The van der Waals surface area contributed by atoms with E-state index in [-0.39, 0.29) is 11.4 Å². The van der Waals surface area contributed by atoms with E-state index in [0.29, 0.717) is 17.3 Å². The van der Waals surface area contributed by atoms with Crippen molar-refractivity contribution < 1.29 is 9.66 Å². The Kier molecular flexibility index (Phi) is 4.48. The summed E-state index contributed by atoms with van der Waals surface area (Å²) in [5.74, 6) is 1.19. The first-order valence-corrected chi connectivity index (χ1v) is 7.73. The van der Waals surface area contributed by atoms with Gasteiger partial charge in [-0.3, -0.25) is 10.1 Å². The molecule has 0 saturated heterocycles. The van der Waals surface area contributed by atoms with E-state index < -0.39 is 4.92 Å². The maximum absolute atomic E-state index is 11.1. The summed E-state index contributed by atoms with van der Waals surface area (Å²) in [6.07, 6.45) is 1.50. The molecule has 10 nitrogen and oxygen atoms in total. The molecule has 0 amide bonds. The second-order valence-electron chi connectivity index (χ2n) is 5.63. The Morgan fingerprint density at radius 2 is 2.00 bits per heavy atom. The number of nitro groups is 1. The number of aryl methyl sites for hydroxylation is 3. The third kappa shape index (κ3) is 3.16. The molecule has 2 aromatic heterocycles. The summed E-state index contributed by atoms with van der Waals surface area (Å²) in [4.78, 5) is 10.6. The van der Waals surface area contributed by atoms with Gasteiger partial charge in [-0.15, -0.1) is 10.2 Å². The van der Waals surface area contributed by atoms with Crippen LogP contribution in [0, 0.1) is 30.9 Å². The van der Waals surface area contributed by atoms with Crippen LogP contribution in [-0.4, -0.2) is 42.9 Å². The zero-order chi connectivity index (χ0) is 18.8. The van der Waals surface area contributed by atoms with Crippen LogP contribution >= 0.6 is 0 Å². The van der Waals surface area contributed by atoms with Crippen molar-refractivity contribution >= 4 is 11.9 Å². The van der Waals surface area contributed by atoms with E-state index in [2.05, 4.69) is 20.4 Å². The largest absolute Gasteiger partial charge is 0.490 e. The Labute approximate surface area is 148 Å². The van der Waals surface area contributed by atoms with E-state index in [1.165, 1.54) is 30.1 Å². The summed E-state index contributed by atoms with van der Waals surface area (Å²) in [6, 6.07) is 6.52. The number of ether oxygens (including phenoxy) is 1. The zero-order valence-electron chi connectivity index (χ0n) is 14.7. The number of rotatable bonds is 5. The average molecular weight is 355 g/mol. The average Bonchev–Trinajstić information content (AvgIpc) is 3.13. The lowest BCUT2D eigenvalue weighted by molar-refractivity contribution is -0.385. The second kappa shape index (κ2) is 6.75. The summed E-state index contributed by atoms with van der Waals surface area (Å²) in [6.45, 7) is 5.55. The molecule has 0 spiro atoms. The Morgan fingerprint density at radius 1 is 1.23 bits per heavy atom. The number of aromatic nitrogens is 5. The molecule has 0 aliphatic carbocycles. The first kappa shape index (κ1) is 17.3. The summed E-state index contributed by atoms with van der Waals surface area (Å²) >= 11 is 0. The molecule has 134 valence electrons. The minimum atomic E-state index is -0.499. The smallest absolute Gasteiger partial charge is 0.311 e. The molecule has 0 fully saturated rings. The molecule has 0 aliphatic heterocycles. The summed E-state index contributed by atoms with van der Waals surface area (Å²) in [7, 11) is 1.39. The lowest BCUT2D eigenvalue weighted by Crippen LogP contribution is -2.08. The van der Waals surface area contributed by atoms with Gasteiger partial charge in [-0.1, -0.05) is 0 Å². The first-order valence-electron chi connectivity index (χ1n) is 7.73. The summed E-state index contributed by atoms with van der Waals surface area (Å²) in [5, 5.41) is 28.0. The van der Waals surface area contributed by atoms with Crippen LogP contribution in [0.2, 0.25) is 0 Å². The van der Waals surface area contributed by atoms with Crippen LogP contribution in [0.15, 0.2) is 29.4 Å². The second-order valence-corrected chi connectivity index (χ2v) is 5.63. The minimum Gasteiger partial charge on any atom is -0.490 e. The van der Waals surface area contributed by atoms with E-state index in [9.17, 15) is 10.1 Å². The molecule has 0 bridgehead atoms. The highest BCUT2D eigenvalue weighted by atomic mass is 16.6. The molecular formula is C16H17N7O3. The van der Waals surface area contributed by atoms with Crippen molar-refractivity contribution in [1.82, 2.24) is 24.7 Å². The third-order valence-electron chi connectivity index (χ3n) is 3.70. The Hall–Kier alpha value is -3.56. The van der Waals surface area contributed by atoms with Crippen molar-refractivity contribution in [3.63, 3.8) is 0 Å². The van der Waals surface area contributed by atoms with Gasteiger partial charge < -0.3 is 4.74 Å². The van der Waals surface area contributed by atoms with Crippen molar-refractivity contribution in [3.8, 4) is 11.7 Å². The minimum absolute atomic E-state index is 0.129. The van der Waals surface area contributed by atoms with Gasteiger partial charge in [0, 0.05) is 17.3 Å². The third-order valence-corrected chi connectivity index (χ3v) is 3.70. The molecule has 0 atom stereocenters. The molecule has 1 aromatic carbocycles. The first-order chi connectivity index (χ1) is 12.4. The summed E-state index contributed by atoms with van der Waals surface area (Å²) < 4.78 is 8.17. The molecule has 0 unspecified atom stereocenters. The number of nitrogens with zero attached hydrogens (tertiary/aromatic N) is 7. The van der Waals surface area contributed by atoms with Gasteiger partial charge in [-0.25, -0.2) is 4.68 Å². The topological polar surface area (TPSA) is 113 Å². The Morgan fingerprint density at radius 3 is 2.62 bits per heavy atom. The van der Waals surface area contributed by atoms with Crippen LogP contribution in [0.3, 0.4) is 0 Å². The number of hydrogen-bond acceptors (Lipinski definition) is 7. The molecule has 3 aromatic rings. The number of nitro benzene ring substituents is 1. The molecule has 2 heterocycles. The van der Waals surface area contributed by atoms with Gasteiger partial charge >= 0.3 is 5.69 Å². The van der Waals surface area contributed by atoms with Crippen molar-refractivity contribution in [2.24, 2.45) is 5.10 Å². The molecule has 0 saturated carbocycles. The molecule has 10 heteroatoms. The van der Waals surface area contributed by atoms with E-state index >= 15 is 0 Å². The highest BCUT2D eigenvalue weighted by Gasteiger charge is 2.16. The van der Waals surface area contributed by atoms with Gasteiger partial charge in [0.25, 0.3) is 5.95 Å². The van der Waals surface area contributed by atoms with Crippen LogP contribution < -0.4 is 4.74 Å². The van der Waals surface area contributed by atoms with E-state index in [1.807, 2.05) is 19.9 Å². The summed E-state index contributed by atoms with van der Waals surface area (Å²) in [5.41, 5.74) is 2.16. The molecule has 0 aliphatic rings. The van der Waals surface area contributed by atoms with Crippen molar-refractivity contribution in [2.45, 2.75) is 20.8 Å². The zero-order valence-corrected chi connectivity index (χ0v) is 14.7. The fourth-order valence-corrected chi connectivity index (χ4v) is 2.50. The highest BCUT2D eigenvalue weighted by Crippen LogP contribution is 2.27. The van der Waals surface area contributed by atoms with Gasteiger partial charge in [0.05, 0.1) is 23.9 Å². The molecule has 0 radical (unpaired) electrons. The van der Waals surface area contributed by atoms with Crippen LogP contribution in [0.5, 0.6) is 5.75 Å². The van der Waals surface area contributed by atoms with Crippen LogP contribution in [0.1, 0.15) is 22.8 Å². The normalized spacial score (nSPS) is 11.2. The SMILES string of the molecule is COc1ccc(/C=N\n2c(C)nnc2-n2nc(C)cc2C)cc1[N+](=O)[O-]. The monoisotopic (exact) mass is 355 g/mol. The number of methoxy groups -OCH3 is 1. The lowest BCUT2D eigenvalue weighted by atomic mass is 10.2. The fourth-order valence-electron chi connectivity index (χ4n) is 2.50. The lowest BCUT2D eigenvalue weighted by Gasteiger charge is -2.04. The Balaban J connectivity index is 2.00. The quantitative estimate of drug-likeness (QED) is 0.394. The van der Waals surface area contributed by atoms with Gasteiger partial charge in [-0.2, -0.15) is 14.9 Å². The highest BCUT2D eigenvalue weighted by molar-refractivity contribution is 5.81. The predicted octanol–water partition coefficient (Wildman–Crippen LogP) is 2.19. The Bertz CT molecular complexity index is 1000. The maximum Gasteiger partial charge on any atom is 0.311 e. The van der Waals surface area contributed by atoms with Crippen molar-refractivity contribution in [2.75, 3.05) is 7.11 Å². The fraction of sp³-hybridized carbons (Fsp3) is 0.250. The standard InChI is InChI=1S/C16H17N7O3/c1-10-7-11(2)21(20-10)16-19-18-12(3)22(16)17-9-13-5-6-15(26-4)14(8-13)23(24)25/h5-9H,1-4H3/b17-9-. The van der Waals surface area contributed by atoms with E-state index in [0.717, 1.165) is 11.4 Å². The van der Waals surface area contributed by atoms with Gasteiger partial charge in [0.2, 0.25) is 0 Å². The van der Waals surface area contributed by atoms with Crippen LogP contribution in [0.25, 0.3) is 5.95 Å². The van der Waals surface area contributed by atoms with Crippen molar-refractivity contribution in [1.29, 1.82) is 0 Å². The number of hydrogen-bond donors (Lipinski definition) is 0. The molecule has 3 rings (SSSR count). The molecule has 0 N–H and O–H groups in total. The van der Waals surface area contributed by atoms with Crippen molar-refractivity contribution in [3.05, 3.63) is 57.2 Å². The molecular weight excluding hydrogens is 338 g/mol. The maximum atomic E-state index is 11.1. The number of benzene rings is 1.